The Morgan fingerprint density at radius 3 is 2.52 bits per heavy atom. The topological polar surface area (TPSA) is 41.6 Å². The molecule has 128 valence electrons. The third-order valence-electron chi connectivity index (χ3n) is 4.02. The lowest BCUT2D eigenvalue weighted by atomic mass is 9.98. The van der Waals surface area contributed by atoms with Gasteiger partial charge in [-0.1, -0.05) is 50.1 Å². The highest BCUT2D eigenvalue weighted by atomic mass is 16.6. The van der Waals surface area contributed by atoms with Crippen molar-refractivity contribution < 1.29 is 9.53 Å². The zero-order valence-electron chi connectivity index (χ0n) is 14.8. The maximum atomic E-state index is 12.0. The molecule has 1 amide bonds. The van der Waals surface area contributed by atoms with Crippen LogP contribution in [0.2, 0.25) is 0 Å². The van der Waals surface area contributed by atoms with Crippen molar-refractivity contribution in [2.24, 2.45) is 0 Å². The van der Waals surface area contributed by atoms with E-state index in [1.807, 2.05) is 26.8 Å². The Bertz CT molecular complexity index is 490. The fourth-order valence-corrected chi connectivity index (χ4v) is 2.78. The molecule has 0 bridgehead atoms. The molecule has 1 aromatic rings. The Hall–Kier alpha value is -1.55. The first-order chi connectivity index (χ1) is 10.9. The second-order valence-corrected chi connectivity index (χ2v) is 7.35. The van der Waals surface area contributed by atoms with Gasteiger partial charge in [0.1, 0.15) is 5.60 Å². The highest BCUT2D eigenvalue weighted by Crippen LogP contribution is 2.23. The SMILES string of the molecule is CCCCC(NC1CN(C(=O)OC(C)(C)C)C1)c1ccccc1. The van der Waals surface area contributed by atoms with Crippen LogP contribution < -0.4 is 5.32 Å². The van der Waals surface area contributed by atoms with Gasteiger partial charge in [-0.05, 0) is 32.8 Å². The summed E-state index contributed by atoms with van der Waals surface area (Å²) in [5.41, 5.74) is 0.903. The molecule has 1 aromatic carbocycles. The van der Waals surface area contributed by atoms with Crippen LogP contribution in [0.15, 0.2) is 30.3 Å². The molecule has 0 radical (unpaired) electrons. The van der Waals surface area contributed by atoms with Crippen LogP contribution in [0.25, 0.3) is 0 Å². The van der Waals surface area contributed by atoms with E-state index >= 15 is 0 Å². The molecule has 2 rings (SSSR count). The molecule has 1 fully saturated rings. The summed E-state index contributed by atoms with van der Waals surface area (Å²) in [4.78, 5) is 13.8. The summed E-state index contributed by atoms with van der Waals surface area (Å²) in [5.74, 6) is 0. The summed E-state index contributed by atoms with van der Waals surface area (Å²) >= 11 is 0. The summed E-state index contributed by atoms with van der Waals surface area (Å²) < 4.78 is 5.40. The predicted octanol–water partition coefficient (Wildman–Crippen LogP) is 4.13. The number of amides is 1. The molecule has 1 aliphatic rings. The molecule has 0 aliphatic carbocycles. The molecule has 1 unspecified atom stereocenters. The monoisotopic (exact) mass is 318 g/mol. The molecule has 0 aromatic heterocycles. The largest absolute Gasteiger partial charge is 0.444 e. The zero-order chi connectivity index (χ0) is 16.9. The van der Waals surface area contributed by atoms with Crippen molar-refractivity contribution >= 4 is 6.09 Å². The number of carbonyl (C=O) groups is 1. The third kappa shape index (κ3) is 5.54. The number of carbonyl (C=O) groups excluding carboxylic acids is 1. The van der Waals surface area contributed by atoms with Crippen molar-refractivity contribution in [3.8, 4) is 0 Å². The van der Waals surface area contributed by atoms with Crippen molar-refractivity contribution in [3.05, 3.63) is 35.9 Å². The number of hydrogen-bond donors (Lipinski definition) is 1. The molecule has 0 saturated carbocycles. The maximum Gasteiger partial charge on any atom is 0.410 e. The Morgan fingerprint density at radius 1 is 1.30 bits per heavy atom. The van der Waals surface area contributed by atoms with Crippen molar-refractivity contribution in [2.45, 2.75) is 64.6 Å². The number of hydrogen-bond acceptors (Lipinski definition) is 3. The minimum atomic E-state index is -0.427. The molecule has 1 saturated heterocycles. The van der Waals surface area contributed by atoms with E-state index in [1.165, 1.54) is 18.4 Å². The van der Waals surface area contributed by atoms with E-state index in [9.17, 15) is 4.79 Å². The van der Waals surface area contributed by atoms with Gasteiger partial charge in [-0.2, -0.15) is 0 Å². The summed E-state index contributed by atoms with van der Waals surface area (Å²) in [7, 11) is 0. The number of benzene rings is 1. The second-order valence-electron chi connectivity index (χ2n) is 7.35. The van der Waals surface area contributed by atoms with Gasteiger partial charge in [0.15, 0.2) is 0 Å². The van der Waals surface area contributed by atoms with Crippen molar-refractivity contribution in [1.82, 2.24) is 10.2 Å². The second kappa shape index (κ2) is 7.82. The molecule has 1 atom stereocenters. The van der Waals surface area contributed by atoms with Gasteiger partial charge in [-0.15, -0.1) is 0 Å². The molecular formula is C19H30N2O2. The average molecular weight is 318 g/mol. The van der Waals surface area contributed by atoms with Crippen LogP contribution in [0.4, 0.5) is 4.79 Å². The first kappa shape index (κ1) is 17.8. The Kier molecular flexibility index (Phi) is 6.05. The lowest BCUT2D eigenvalue weighted by Gasteiger charge is -2.42. The van der Waals surface area contributed by atoms with Crippen molar-refractivity contribution in [1.29, 1.82) is 0 Å². The van der Waals surface area contributed by atoms with Gasteiger partial charge in [-0.25, -0.2) is 4.79 Å². The number of unbranched alkanes of at least 4 members (excludes halogenated alkanes) is 1. The van der Waals surface area contributed by atoms with Crippen LogP contribution in [0, 0.1) is 0 Å². The Labute approximate surface area is 140 Å². The van der Waals surface area contributed by atoms with Crippen LogP contribution in [0.3, 0.4) is 0 Å². The van der Waals surface area contributed by atoms with Gasteiger partial charge in [-0.3, -0.25) is 0 Å². The van der Waals surface area contributed by atoms with E-state index in [-0.39, 0.29) is 6.09 Å². The van der Waals surface area contributed by atoms with Crippen LogP contribution in [0.5, 0.6) is 0 Å². The van der Waals surface area contributed by atoms with E-state index in [2.05, 4.69) is 36.5 Å². The van der Waals surface area contributed by atoms with Gasteiger partial charge in [0, 0.05) is 25.2 Å². The van der Waals surface area contributed by atoms with Crippen molar-refractivity contribution in [3.63, 3.8) is 0 Å². The van der Waals surface area contributed by atoms with Gasteiger partial charge >= 0.3 is 6.09 Å². The molecule has 1 N–H and O–H groups in total. The van der Waals surface area contributed by atoms with E-state index in [4.69, 9.17) is 4.74 Å². The fraction of sp³-hybridized carbons (Fsp3) is 0.632. The van der Waals surface area contributed by atoms with Crippen LogP contribution in [-0.2, 0) is 4.74 Å². The number of ether oxygens (including phenoxy) is 1. The van der Waals surface area contributed by atoms with Crippen LogP contribution in [0.1, 0.15) is 58.6 Å². The molecule has 1 aliphatic heterocycles. The van der Waals surface area contributed by atoms with Gasteiger partial charge < -0.3 is 15.0 Å². The molecular weight excluding hydrogens is 288 g/mol. The Morgan fingerprint density at radius 2 is 1.96 bits per heavy atom. The van der Waals surface area contributed by atoms with E-state index < -0.39 is 5.60 Å². The van der Waals surface area contributed by atoms with Crippen LogP contribution in [-0.4, -0.2) is 35.7 Å². The average Bonchev–Trinajstić information content (AvgIpc) is 2.44. The van der Waals surface area contributed by atoms with Gasteiger partial charge in [0.05, 0.1) is 0 Å². The molecule has 4 heteroatoms. The predicted molar refractivity (Wildman–Crippen MR) is 93.4 cm³/mol. The quantitative estimate of drug-likeness (QED) is 0.857. The lowest BCUT2D eigenvalue weighted by molar-refractivity contribution is 0.00399. The maximum absolute atomic E-state index is 12.0. The fourth-order valence-electron chi connectivity index (χ4n) is 2.78. The molecule has 4 nitrogen and oxygen atoms in total. The summed E-state index contributed by atoms with van der Waals surface area (Å²) in [6, 6.07) is 11.3. The minimum Gasteiger partial charge on any atom is -0.444 e. The Balaban J connectivity index is 1.85. The lowest BCUT2D eigenvalue weighted by Crippen LogP contribution is -2.61. The number of rotatable bonds is 6. The first-order valence-electron chi connectivity index (χ1n) is 8.68. The van der Waals surface area contributed by atoms with Gasteiger partial charge in [0.2, 0.25) is 0 Å². The zero-order valence-corrected chi connectivity index (χ0v) is 14.8. The van der Waals surface area contributed by atoms with Crippen LogP contribution >= 0.6 is 0 Å². The minimum absolute atomic E-state index is 0.208. The van der Waals surface area contributed by atoms with Crippen molar-refractivity contribution in [2.75, 3.05) is 13.1 Å². The number of nitrogens with one attached hydrogen (secondary N) is 1. The molecule has 0 spiro atoms. The number of nitrogens with zero attached hydrogens (tertiary/aromatic N) is 1. The summed E-state index contributed by atoms with van der Waals surface area (Å²) in [6.07, 6.45) is 3.32. The van der Waals surface area contributed by atoms with E-state index in [0.29, 0.717) is 12.1 Å². The highest BCUT2D eigenvalue weighted by molar-refractivity contribution is 5.69. The van der Waals surface area contributed by atoms with E-state index in [0.717, 1.165) is 19.5 Å². The van der Waals surface area contributed by atoms with Gasteiger partial charge in [0.25, 0.3) is 0 Å². The molecule has 23 heavy (non-hydrogen) atoms. The first-order valence-corrected chi connectivity index (χ1v) is 8.68. The highest BCUT2D eigenvalue weighted by Gasteiger charge is 2.34. The van der Waals surface area contributed by atoms with E-state index in [1.54, 1.807) is 4.90 Å². The standard InChI is InChI=1S/C19H30N2O2/c1-5-6-12-17(15-10-8-7-9-11-15)20-16-13-21(14-16)18(22)23-19(2,3)4/h7-11,16-17,20H,5-6,12-14H2,1-4H3. The number of likely N-dealkylation sites (tertiary alicyclic amines) is 1. The normalized spacial score (nSPS) is 16.8. The summed E-state index contributed by atoms with van der Waals surface area (Å²) in [6.45, 7) is 9.37. The smallest absolute Gasteiger partial charge is 0.410 e. The molecule has 1 heterocycles. The summed E-state index contributed by atoms with van der Waals surface area (Å²) in [5, 5.41) is 3.70. The third-order valence-corrected chi connectivity index (χ3v) is 4.02.